The minimum Gasteiger partial charge on any atom is -0.463 e. The summed E-state index contributed by atoms with van der Waals surface area (Å²) in [5.74, 6) is 0.856. The normalized spacial score (nSPS) is 11.6. The molecule has 0 spiro atoms. The van der Waals surface area contributed by atoms with Gasteiger partial charge < -0.3 is 8.83 Å². The van der Waals surface area contributed by atoms with E-state index in [1.807, 2.05) is 54.6 Å². The molecule has 7 heteroatoms. The number of fused-ring (bicyclic) bond motifs is 3. The van der Waals surface area contributed by atoms with Crippen molar-refractivity contribution in [3.8, 4) is 5.69 Å². The van der Waals surface area contributed by atoms with Crippen molar-refractivity contribution < 1.29 is 8.83 Å². The maximum Gasteiger partial charge on any atom is 0.303 e. The summed E-state index contributed by atoms with van der Waals surface area (Å²) >= 11 is 0. The quantitative estimate of drug-likeness (QED) is 0.379. The first-order valence-electron chi connectivity index (χ1n) is 8.63. The van der Waals surface area contributed by atoms with Gasteiger partial charge in [-0.05, 0) is 36.4 Å². The Morgan fingerprint density at radius 3 is 2.64 bits per heavy atom. The second-order valence-corrected chi connectivity index (χ2v) is 6.07. The van der Waals surface area contributed by atoms with Gasteiger partial charge in [-0.2, -0.15) is 5.10 Å². The van der Waals surface area contributed by atoms with Gasteiger partial charge in [0.15, 0.2) is 0 Å². The van der Waals surface area contributed by atoms with E-state index in [0.29, 0.717) is 22.5 Å². The molecule has 136 valence electrons. The van der Waals surface area contributed by atoms with Crippen molar-refractivity contribution in [3.63, 3.8) is 0 Å². The topological polar surface area (TPSA) is 85.6 Å². The highest BCUT2D eigenvalue weighted by Gasteiger charge is 2.18. The summed E-state index contributed by atoms with van der Waals surface area (Å²) in [5, 5.41) is 4.93. The van der Waals surface area contributed by atoms with Gasteiger partial charge in [-0.1, -0.05) is 30.3 Å². The molecular weight excluding hydrogens is 356 g/mol. The van der Waals surface area contributed by atoms with Gasteiger partial charge in [0.2, 0.25) is 11.5 Å². The predicted octanol–water partition coefficient (Wildman–Crippen LogP) is 4.17. The number of para-hydroxylation sites is 2. The maximum atomic E-state index is 13.2. The van der Waals surface area contributed by atoms with E-state index in [4.69, 9.17) is 8.83 Å². The molecule has 0 aliphatic heterocycles. The van der Waals surface area contributed by atoms with Crippen LogP contribution in [0.3, 0.4) is 0 Å². The molecule has 0 bridgehead atoms. The molecule has 3 heterocycles. The third kappa shape index (κ3) is 2.66. The van der Waals surface area contributed by atoms with Crippen LogP contribution in [0.25, 0.3) is 27.8 Å². The average Bonchev–Trinajstić information content (AvgIpc) is 3.37. The Bertz CT molecular complexity index is 1350. The highest BCUT2D eigenvalue weighted by molar-refractivity contribution is 6.02. The van der Waals surface area contributed by atoms with Gasteiger partial charge in [0, 0.05) is 5.39 Å². The van der Waals surface area contributed by atoms with E-state index < -0.39 is 0 Å². The molecule has 0 amide bonds. The summed E-state index contributed by atoms with van der Waals surface area (Å²) in [6, 6.07) is 20.2. The van der Waals surface area contributed by atoms with Crippen LogP contribution in [-0.4, -0.2) is 15.8 Å². The second kappa shape index (κ2) is 6.55. The van der Waals surface area contributed by atoms with Crippen molar-refractivity contribution in [2.45, 2.75) is 0 Å². The van der Waals surface area contributed by atoms with Crippen LogP contribution in [0.2, 0.25) is 0 Å². The van der Waals surface area contributed by atoms with E-state index in [-0.39, 0.29) is 17.1 Å². The fourth-order valence-corrected chi connectivity index (χ4v) is 3.05. The zero-order valence-corrected chi connectivity index (χ0v) is 14.6. The second-order valence-electron chi connectivity index (χ2n) is 6.07. The molecule has 0 aliphatic carbocycles. The number of benzene rings is 2. The lowest BCUT2D eigenvalue weighted by Gasteiger charge is -2.10. The first-order chi connectivity index (χ1) is 13.8. The van der Waals surface area contributed by atoms with E-state index in [2.05, 4.69) is 15.5 Å². The van der Waals surface area contributed by atoms with E-state index in [9.17, 15) is 4.79 Å². The predicted molar refractivity (Wildman–Crippen MR) is 107 cm³/mol. The number of aromatic nitrogens is 2. The molecule has 2 aromatic carbocycles. The van der Waals surface area contributed by atoms with E-state index in [1.54, 1.807) is 18.4 Å². The highest BCUT2D eigenvalue weighted by Crippen LogP contribution is 2.26. The number of furan rings is 2. The Morgan fingerprint density at radius 2 is 1.82 bits per heavy atom. The van der Waals surface area contributed by atoms with Gasteiger partial charge in [0.25, 0.3) is 0 Å². The van der Waals surface area contributed by atoms with Gasteiger partial charge in [-0.15, -0.1) is 0 Å². The minimum absolute atomic E-state index is 0.200. The Labute approximate surface area is 158 Å². The minimum atomic E-state index is -0.317. The van der Waals surface area contributed by atoms with Crippen molar-refractivity contribution in [1.82, 2.24) is 9.55 Å². The van der Waals surface area contributed by atoms with Crippen LogP contribution in [0.5, 0.6) is 0 Å². The van der Waals surface area contributed by atoms with E-state index >= 15 is 0 Å². The summed E-state index contributed by atoms with van der Waals surface area (Å²) < 4.78 is 12.5. The zero-order chi connectivity index (χ0) is 18.9. The summed E-state index contributed by atoms with van der Waals surface area (Å²) in [6.07, 6.45) is 3.07. The SMILES string of the molecule is O=c1c2oc3ccccc3c2nc(N/N=C/c2ccco2)n1-c1ccccc1. The Balaban J connectivity index is 1.73. The van der Waals surface area contributed by atoms with Crippen LogP contribution in [0.15, 0.2) is 91.7 Å². The smallest absolute Gasteiger partial charge is 0.303 e. The van der Waals surface area contributed by atoms with Crippen molar-refractivity contribution >= 4 is 34.2 Å². The lowest BCUT2D eigenvalue weighted by molar-refractivity contribution is 0.560. The van der Waals surface area contributed by atoms with Crippen LogP contribution in [0.1, 0.15) is 5.76 Å². The van der Waals surface area contributed by atoms with Crippen LogP contribution in [0, 0.1) is 0 Å². The largest absolute Gasteiger partial charge is 0.463 e. The molecular formula is C21H14N4O3. The number of hydrogen-bond donors (Lipinski definition) is 1. The van der Waals surface area contributed by atoms with Gasteiger partial charge >= 0.3 is 5.56 Å². The maximum absolute atomic E-state index is 13.2. The van der Waals surface area contributed by atoms with E-state index in [0.717, 1.165) is 5.39 Å². The first kappa shape index (κ1) is 16.1. The fraction of sp³-hybridized carbons (Fsp3) is 0. The molecule has 0 unspecified atom stereocenters. The number of hydrazone groups is 1. The van der Waals surface area contributed by atoms with E-state index in [1.165, 1.54) is 10.8 Å². The van der Waals surface area contributed by atoms with Gasteiger partial charge in [-0.3, -0.25) is 4.79 Å². The van der Waals surface area contributed by atoms with Crippen molar-refractivity contribution in [2.75, 3.05) is 5.43 Å². The molecule has 0 fully saturated rings. The molecule has 3 aromatic heterocycles. The van der Waals surface area contributed by atoms with Crippen LogP contribution in [0.4, 0.5) is 5.95 Å². The number of nitrogens with one attached hydrogen (secondary N) is 1. The van der Waals surface area contributed by atoms with Gasteiger partial charge in [0.1, 0.15) is 16.9 Å². The molecule has 0 aliphatic rings. The third-order valence-corrected chi connectivity index (χ3v) is 4.31. The summed E-state index contributed by atoms with van der Waals surface area (Å²) in [5.41, 5.74) is 4.49. The number of rotatable bonds is 4. The fourth-order valence-electron chi connectivity index (χ4n) is 3.05. The molecule has 0 saturated heterocycles. The van der Waals surface area contributed by atoms with Crippen molar-refractivity contribution in [2.24, 2.45) is 5.10 Å². The Hall–Kier alpha value is -4.13. The van der Waals surface area contributed by atoms with Gasteiger partial charge in [-0.25, -0.2) is 15.0 Å². The Kier molecular flexibility index (Phi) is 3.76. The third-order valence-electron chi connectivity index (χ3n) is 4.31. The number of anilines is 1. The molecule has 7 nitrogen and oxygen atoms in total. The first-order valence-corrected chi connectivity index (χ1v) is 8.63. The molecule has 0 radical (unpaired) electrons. The summed E-state index contributed by atoms with van der Waals surface area (Å²) in [4.78, 5) is 17.9. The summed E-state index contributed by atoms with van der Waals surface area (Å²) in [7, 11) is 0. The number of nitrogens with zero attached hydrogens (tertiary/aromatic N) is 3. The highest BCUT2D eigenvalue weighted by atomic mass is 16.3. The summed E-state index contributed by atoms with van der Waals surface area (Å²) in [6.45, 7) is 0. The molecule has 5 rings (SSSR count). The monoisotopic (exact) mass is 370 g/mol. The lowest BCUT2D eigenvalue weighted by Crippen LogP contribution is -2.22. The van der Waals surface area contributed by atoms with Crippen LogP contribution >= 0.6 is 0 Å². The Morgan fingerprint density at radius 1 is 1.00 bits per heavy atom. The average molecular weight is 370 g/mol. The molecule has 28 heavy (non-hydrogen) atoms. The van der Waals surface area contributed by atoms with Crippen molar-refractivity contribution in [1.29, 1.82) is 0 Å². The van der Waals surface area contributed by atoms with Crippen LogP contribution < -0.4 is 11.0 Å². The van der Waals surface area contributed by atoms with Crippen molar-refractivity contribution in [3.05, 3.63) is 89.1 Å². The molecule has 1 N–H and O–H groups in total. The lowest BCUT2D eigenvalue weighted by atomic mass is 10.2. The molecule has 0 atom stereocenters. The van der Waals surface area contributed by atoms with Gasteiger partial charge in [0.05, 0.1) is 18.2 Å². The zero-order valence-electron chi connectivity index (χ0n) is 14.6. The standard InChI is InChI=1S/C21H14N4O3/c26-20-19-18(16-10-4-5-11-17(16)28-19)23-21(24-22-13-15-9-6-12-27-15)25(20)14-7-2-1-3-8-14/h1-13H,(H,23,24)/b22-13+. The molecule has 0 saturated carbocycles. The molecule has 5 aromatic rings. The van der Waals surface area contributed by atoms with Crippen LogP contribution in [-0.2, 0) is 0 Å². The number of hydrogen-bond acceptors (Lipinski definition) is 6.